The summed E-state index contributed by atoms with van der Waals surface area (Å²) in [4.78, 5) is 14.3. The summed E-state index contributed by atoms with van der Waals surface area (Å²) in [6, 6.07) is 15.7. The molecule has 1 amide bonds. The van der Waals surface area contributed by atoms with Gasteiger partial charge in [-0.05, 0) is 43.2 Å². The van der Waals surface area contributed by atoms with Gasteiger partial charge in [0, 0.05) is 16.2 Å². The lowest BCUT2D eigenvalue weighted by Gasteiger charge is -2.22. The van der Waals surface area contributed by atoms with Gasteiger partial charge in [0.25, 0.3) is 5.91 Å². The second-order valence-electron chi connectivity index (χ2n) is 5.19. The normalized spacial score (nSPS) is 16.7. The highest BCUT2D eigenvalue weighted by molar-refractivity contribution is 9.10. The van der Waals surface area contributed by atoms with Crippen LogP contribution in [0.4, 0.5) is 5.69 Å². The maximum absolute atomic E-state index is 12.5. The monoisotopic (exact) mass is 345 g/mol. The molecule has 0 saturated heterocycles. The summed E-state index contributed by atoms with van der Waals surface area (Å²) >= 11 is 3.39. The first-order valence-corrected chi connectivity index (χ1v) is 7.73. The molecule has 2 aromatic carbocycles. The lowest BCUT2D eigenvalue weighted by atomic mass is 10.1. The van der Waals surface area contributed by atoms with E-state index in [9.17, 15) is 4.79 Å². The molecule has 1 aliphatic rings. The Morgan fingerprint density at radius 1 is 1.29 bits per heavy atom. The van der Waals surface area contributed by atoms with Gasteiger partial charge in [0.2, 0.25) is 0 Å². The molecule has 2 aromatic rings. The first kappa shape index (κ1) is 14.1. The Kier molecular flexibility index (Phi) is 3.97. The smallest absolute Gasteiger partial charge is 0.265 e. The summed E-state index contributed by atoms with van der Waals surface area (Å²) in [5.41, 5.74) is 2.23. The molecule has 3 rings (SSSR count). The molecule has 1 atom stereocenters. The molecule has 1 heterocycles. The molecule has 0 aliphatic carbocycles. The van der Waals surface area contributed by atoms with Crippen molar-refractivity contribution >= 4 is 27.5 Å². The largest absolute Gasteiger partial charge is 0.484 e. The van der Waals surface area contributed by atoms with Crippen molar-refractivity contribution in [3.8, 4) is 5.75 Å². The van der Waals surface area contributed by atoms with Gasteiger partial charge in [-0.15, -0.1) is 0 Å². The number of fused-ring (bicyclic) bond motifs is 1. The number of carbonyl (C=O) groups excluding carboxylic acids is 1. The average Bonchev–Trinajstić information content (AvgIpc) is 2.81. The number of hydrogen-bond acceptors (Lipinski definition) is 2. The van der Waals surface area contributed by atoms with Crippen molar-refractivity contribution in [1.82, 2.24) is 0 Å². The molecule has 1 aliphatic heterocycles. The summed E-state index contributed by atoms with van der Waals surface area (Å²) in [7, 11) is 0. The Labute approximate surface area is 132 Å². The quantitative estimate of drug-likeness (QED) is 0.846. The van der Waals surface area contributed by atoms with E-state index in [0.717, 1.165) is 16.6 Å². The van der Waals surface area contributed by atoms with Gasteiger partial charge < -0.3 is 9.64 Å². The van der Waals surface area contributed by atoms with E-state index < -0.39 is 0 Å². The predicted octanol–water partition coefficient (Wildman–Crippen LogP) is 3.81. The summed E-state index contributed by atoms with van der Waals surface area (Å²) < 4.78 is 6.54. The van der Waals surface area contributed by atoms with Gasteiger partial charge in [-0.3, -0.25) is 4.79 Å². The number of carbonyl (C=O) groups is 1. The first-order chi connectivity index (χ1) is 10.1. The number of benzene rings is 2. The first-order valence-electron chi connectivity index (χ1n) is 6.93. The molecule has 0 radical (unpaired) electrons. The van der Waals surface area contributed by atoms with Crippen molar-refractivity contribution in [2.45, 2.75) is 19.4 Å². The Morgan fingerprint density at radius 3 is 2.90 bits per heavy atom. The van der Waals surface area contributed by atoms with Crippen LogP contribution < -0.4 is 9.64 Å². The maximum Gasteiger partial charge on any atom is 0.265 e. The number of amides is 1. The topological polar surface area (TPSA) is 29.5 Å². The third kappa shape index (κ3) is 2.95. The number of hydrogen-bond donors (Lipinski definition) is 0. The Bertz CT molecular complexity index is 671. The van der Waals surface area contributed by atoms with Gasteiger partial charge in [-0.2, -0.15) is 0 Å². The number of rotatable bonds is 3. The minimum Gasteiger partial charge on any atom is -0.484 e. The van der Waals surface area contributed by atoms with E-state index in [0.29, 0.717) is 5.75 Å². The zero-order valence-corrected chi connectivity index (χ0v) is 13.3. The molecule has 1 unspecified atom stereocenters. The van der Waals surface area contributed by atoms with E-state index in [-0.39, 0.29) is 18.6 Å². The van der Waals surface area contributed by atoms with Crippen LogP contribution in [0.15, 0.2) is 53.0 Å². The third-order valence-electron chi connectivity index (χ3n) is 3.63. The van der Waals surface area contributed by atoms with Crippen LogP contribution >= 0.6 is 15.9 Å². The average molecular weight is 346 g/mol. The van der Waals surface area contributed by atoms with Crippen LogP contribution in [0.5, 0.6) is 5.75 Å². The van der Waals surface area contributed by atoms with Gasteiger partial charge >= 0.3 is 0 Å². The van der Waals surface area contributed by atoms with E-state index in [4.69, 9.17) is 4.74 Å². The molecule has 3 nitrogen and oxygen atoms in total. The highest BCUT2D eigenvalue weighted by Gasteiger charge is 2.30. The minimum absolute atomic E-state index is 0.00701. The maximum atomic E-state index is 12.5. The van der Waals surface area contributed by atoms with Crippen molar-refractivity contribution in [3.63, 3.8) is 0 Å². The van der Waals surface area contributed by atoms with Crippen LogP contribution in [0, 0.1) is 0 Å². The van der Waals surface area contributed by atoms with Crippen molar-refractivity contribution < 1.29 is 9.53 Å². The summed E-state index contributed by atoms with van der Waals surface area (Å²) in [6.45, 7) is 2.12. The number of ether oxygens (including phenoxy) is 1. The third-order valence-corrected chi connectivity index (χ3v) is 4.13. The molecule has 0 N–H and O–H groups in total. The zero-order chi connectivity index (χ0) is 14.8. The predicted molar refractivity (Wildman–Crippen MR) is 86.7 cm³/mol. The van der Waals surface area contributed by atoms with E-state index in [1.165, 1.54) is 5.56 Å². The van der Waals surface area contributed by atoms with Gasteiger partial charge in [0.15, 0.2) is 6.61 Å². The fraction of sp³-hybridized carbons (Fsp3) is 0.235. The van der Waals surface area contributed by atoms with Crippen molar-refractivity contribution in [1.29, 1.82) is 0 Å². The van der Waals surface area contributed by atoms with Crippen molar-refractivity contribution in [2.75, 3.05) is 11.5 Å². The molecule has 21 heavy (non-hydrogen) atoms. The number of nitrogens with zero attached hydrogens (tertiary/aromatic N) is 1. The summed E-state index contributed by atoms with van der Waals surface area (Å²) in [6.07, 6.45) is 0.902. The van der Waals surface area contributed by atoms with Crippen LogP contribution in [0.25, 0.3) is 0 Å². The fourth-order valence-electron chi connectivity index (χ4n) is 2.72. The molecule has 0 aromatic heterocycles. The lowest BCUT2D eigenvalue weighted by Crippen LogP contribution is -2.39. The van der Waals surface area contributed by atoms with Crippen LogP contribution in [-0.2, 0) is 11.2 Å². The molecule has 4 heteroatoms. The highest BCUT2D eigenvalue weighted by Crippen LogP contribution is 2.31. The van der Waals surface area contributed by atoms with Crippen LogP contribution in [-0.4, -0.2) is 18.6 Å². The number of anilines is 1. The Hall–Kier alpha value is -1.81. The van der Waals surface area contributed by atoms with Gasteiger partial charge in [-0.25, -0.2) is 0 Å². The van der Waals surface area contributed by atoms with E-state index in [2.05, 4.69) is 28.9 Å². The van der Waals surface area contributed by atoms with Crippen LogP contribution in [0.3, 0.4) is 0 Å². The van der Waals surface area contributed by atoms with E-state index in [1.54, 1.807) is 0 Å². The highest BCUT2D eigenvalue weighted by atomic mass is 79.9. The molecule has 108 valence electrons. The standard InChI is InChI=1S/C17H16BrNO2/c1-12-9-13-5-2-3-8-16(13)19(12)17(20)11-21-15-7-4-6-14(18)10-15/h2-8,10,12H,9,11H2,1H3. The summed E-state index contributed by atoms with van der Waals surface area (Å²) in [5, 5.41) is 0. The Balaban J connectivity index is 1.71. The van der Waals surface area contributed by atoms with Crippen LogP contribution in [0.1, 0.15) is 12.5 Å². The summed E-state index contributed by atoms with van der Waals surface area (Å²) in [5.74, 6) is 0.685. The van der Waals surface area contributed by atoms with Crippen LogP contribution in [0.2, 0.25) is 0 Å². The molecule has 0 bridgehead atoms. The Morgan fingerprint density at radius 2 is 2.10 bits per heavy atom. The molecule has 0 saturated carbocycles. The minimum atomic E-state index is -0.00701. The van der Waals surface area contributed by atoms with Gasteiger partial charge in [0.1, 0.15) is 5.75 Å². The zero-order valence-electron chi connectivity index (χ0n) is 11.8. The van der Waals surface area contributed by atoms with Gasteiger partial charge in [0.05, 0.1) is 0 Å². The molecular weight excluding hydrogens is 330 g/mol. The van der Waals surface area contributed by atoms with E-state index >= 15 is 0 Å². The SMILES string of the molecule is CC1Cc2ccccc2N1C(=O)COc1cccc(Br)c1. The fourth-order valence-corrected chi connectivity index (χ4v) is 3.10. The number of halogens is 1. The van der Waals surface area contributed by atoms with Crippen molar-refractivity contribution in [3.05, 3.63) is 58.6 Å². The van der Waals surface area contributed by atoms with Gasteiger partial charge in [-0.1, -0.05) is 40.2 Å². The molecule has 0 fully saturated rings. The number of para-hydroxylation sites is 1. The van der Waals surface area contributed by atoms with E-state index in [1.807, 2.05) is 47.4 Å². The second-order valence-corrected chi connectivity index (χ2v) is 6.11. The second kappa shape index (κ2) is 5.90. The molecular formula is C17H16BrNO2. The molecule has 0 spiro atoms. The lowest BCUT2D eigenvalue weighted by molar-refractivity contribution is -0.120. The van der Waals surface area contributed by atoms with Crippen molar-refractivity contribution in [2.24, 2.45) is 0 Å².